The second kappa shape index (κ2) is 8.40. The van der Waals surface area contributed by atoms with Gasteiger partial charge in [-0.25, -0.2) is 4.98 Å². The number of fused-ring (bicyclic) bond motifs is 1. The molecule has 0 aliphatic carbocycles. The largest absolute Gasteiger partial charge is 0.496 e. The molecule has 0 saturated carbocycles. The standard InChI is InChI=1S/C24H20N4O4/c1-28(2)24(29)15-10-20(31-4)22(27-13-15)21-11-18-23(32-21)16(7-8-26-18)17-9-14(12-25)5-6-19(17)30-3/h5-11,13H,1-4H3. The number of ether oxygens (including phenoxy) is 2. The molecule has 0 spiro atoms. The minimum Gasteiger partial charge on any atom is -0.496 e. The van der Waals surface area contributed by atoms with E-state index in [0.717, 1.165) is 5.56 Å². The molecule has 32 heavy (non-hydrogen) atoms. The molecule has 3 heterocycles. The van der Waals surface area contributed by atoms with E-state index in [-0.39, 0.29) is 5.91 Å². The smallest absolute Gasteiger partial charge is 0.255 e. The first-order valence-electron chi connectivity index (χ1n) is 9.70. The summed E-state index contributed by atoms with van der Waals surface area (Å²) in [7, 11) is 6.42. The van der Waals surface area contributed by atoms with Crippen LogP contribution >= 0.6 is 0 Å². The van der Waals surface area contributed by atoms with Crippen LogP contribution in [0.25, 0.3) is 33.7 Å². The number of hydrogen-bond donors (Lipinski definition) is 0. The lowest BCUT2D eigenvalue weighted by Crippen LogP contribution is -2.21. The number of furan rings is 1. The Morgan fingerprint density at radius 2 is 1.81 bits per heavy atom. The van der Waals surface area contributed by atoms with Gasteiger partial charge in [0.15, 0.2) is 11.3 Å². The summed E-state index contributed by atoms with van der Waals surface area (Å²) in [5.74, 6) is 1.27. The summed E-state index contributed by atoms with van der Waals surface area (Å²) in [4.78, 5) is 22.6. The predicted octanol–water partition coefficient (Wildman–Crippen LogP) is 4.15. The van der Waals surface area contributed by atoms with Gasteiger partial charge in [0.1, 0.15) is 22.7 Å². The number of carbonyl (C=O) groups is 1. The number of aromatic nitrogens is 2. The Morgan fingerprint density at radius 3 is 2.50 bits per heavy atom. The van der Waals surface area contributed by atoms with Gasteiger partial charge in [0, 0.05) is 43.7 Å². The third kappa shape index (κ3) is 3.61. The van der Waals surface area contributed by atoms with Crippen LogP contribution in [-0.2, 0) is 0 Å². The van der Waals surface area contributed by atoms with E-state index in [1.165, 1.54) is 18.2 Å². The molecule has 3 aromatic heterocycles. The van der Waals surface area contributed by atoms with Crippen LogP contribution in [0.5, 0.6) is 11.5 Å². The molecule has 0 saturated heterocycles. The third-order valence-electron chi connectivity index (χ3n) is 4.99. The molecule has 1 aromatic carbocycles. The molecule has 8 heteroatoms. The maximum atomic E-state index is 12.3. The molecule has 8 nitrogen and oxygen atoms in total. The van der Waals surface area contributed by atoms with E-state index >= 15 is 0 Å². The highest BCUT2D eigenvalue weighted by atomic mass is 16.5. The van der Waals surface area contributed by atoms with E-state index in [1.807, 2.05) is 0 Å². The van der Waals surface area contributed by atoms with E-state index in [1.54, 1.807) is 63.8 Å². The fourth-order valence-electron chi connectivity index (χ4n) is 3.42. The van der Waals surface area contributed by atoms with Crippen LogP contribution in [0.15, 0.2) is 53.2 Å². The van der Waals surface area contributed by atoms with Gasteiger partial charge in [-0.05, 0) is 30.3 Å². The van der Waals surface area contributed by atoms with E-state index in [0.29, 0.717) is 50.7 Å². The third-order valence-corrected chi connectivity index (χ3v) is 4.99. The zero-order valence-corrected chi connectivity index (χ0v) is 18.0. The van der Waals surface area contributed by atoms with Gasteiger partial charge in [-0.3, -0.25) is 9.78 Å². The van der Waals surface area contributed by atoms with E-state index in [4.69, 9.17) is 13.9 Å². The van der Waals surface area contributed by atoms with Gasteiger partial charge in [-0.15, -0.1) is 0 Å². The molecule has 0 aliphatic rings. The average molecular weight is 428 g/mol. The molecule has 1 amide bonds. The summed E-state index contributed by atoms with van der Waals surface area (Å²) in [6.45, 7) is 0. The Balaban J connectivity index is 1.87. The molecule has 4 aromatic rings. The van der Waals surface area contributed by atoms with Gasteiger partial charge in [0.05, 0.1) is 31.4 Å². The molecule has 0 aliphatic heterocycles. The van der Waals surface area contributed by atoms with Crippen molar-refractivity contribution in [3.05, 3.63) is 59.9 Å². The van der Waals surface area contributed by atoms with Crippen LogP contribution in [0, 0.1) is 11.3 Å². The summed E-state index contributed by atoms with van der Waals surface area (Å²) in [6, 6.07) is 12.5. The number of benzene rings is 1. The van der Waals surface area contributed by atoms with Gasteiger partial charge >= 0.3 is 0 Å². The van der Waals surface area contributed by atoms with Crippen LogP contribution in [0.2, 0.25) is 0 Å². The Bertz CT molecular complexity index is 1370. The van der Waals surface area contributed by atoms with Crippen molar-refractivity contribution in [2.45, 2.75) is 0 Å². The molecule has 4 rings (SSSR count). The Labute approximate surface area is 184 Å². The maximum Gasteiger partial charge on any atom is 0.255 e. The van der Waals surface area contributed by atoms with E-state index in [9.17, 15) is 10.1 Å². The first kappa shape index (κ1) is 20.9. The van der Waals surface area contributed by atoms with Crippen molar-refractivity contribution in [2.75, 3.05) is 28.3 Å². The number of hydrogen-bond acceptors (Lipinski definition) is 7. The van der Waals surface area contributed by atoms with Crippen LogP contribution < -0.4 is 9.47 Å². The van der Waals surface area contributed by atoms with Crippen LogP contribution in [0.4, 0.5) is 0 Å². The van der Waals surface area contributed by atoms with Crippen molar-refractivity contribution in [1.29, 1.82) is 5.26 Å². The monoisotopic (exact) mass is 428 g/mol. The van der Waals surface area contributed by atoms with Crippen molar-refractivity contribution in [1.82, 2.24) is 14.9 Å². The molecule has 160 valence electrons. The molecular formula is C24H20N4O4. The fourth-order valence-corrected chi connectivity index (χ4v) is 3.42. The number of carbonyl (C=O) groups excluding carboxylic acids is 1. The lowest BCUT2D eigenvalue weighted by atomic mass is 10.0. The van der Waals surface area contributed by atoms with Crippen molar-refractivity contribution in [2.24, 2.45) is 0 Å². The zero-order valence-electron chi connectivity index (χ0n) is 18.0. The lowest BCUT2D eigenvalue weighted by molar-refractivity contribution is 0.0827. The zero-order chi connectivity index (χ0) is 22.8. The number of methoxy groups -OCH3 is 2. The number of nitrogens with zero attached hydrogens (tertiary/aromatic N) is 4. The van der Waals surface area contributed by atoms with Crippen LogP contribution in [0.3, 0.4) is 0 Å². The summed E-state index contributed by atoms with van der Waals surface area (Å²) in [6.07, 6.45) is 3.15. The summed E-state index contributed by atoms with van der Waals surface area (Å²) in [5, 5.41) is 9.32. The average Bonchev–Trinajstić information content (AvgIpc) is 3.26. The van der Waals surface area contributed by atoms with Gasteiger partial charge in [0.2, 0.25) is 0 Å². The molecule has 0 atom stereocenters. The van der Waals surface area contributed by atoms with Crippen molar-refractivity contribution < 1.29 is 18.7 Å². The minimum atomic E-state index is -0.180. The highest BCUT2D eigenvalue weighted by Crippen LogP contribution is 2.39. The second-order valence-electron chi connectivity index (χ2n) is 7.18. The first-order chi connectivity index (χ1) is 15.5. The van der Waals surface area contributed by atoms with Gasteiger partial charge in [-0.2, -0.15) is 5.26 Å². The van der Waals surface area contributed by atoms with Gasteiger partial charge in [0.25, 0.3) is 5.91 Å². The topological polar surface area (TPSA) is 101 Å². The highest BCUT2D eigenvalue weighted by molar-refractivity contribution is 5.96. The van der Waals surface area contributed by atoms with Crippen molar-refractivity contribution in [3.63, 3.8) is 0 Å². The maximum absolute atomic E-state index is 12.3. The van der Waals surface area contributed by atoms with Gasteiger partial charge in [-0.1, -0.05) is 0 Å². The van der Waals surface area contributed by atoms with Crippen LogP contribution in [0.1, 0.15) is 15.9 Å². The Morgan fingerprint density at radius 1 is 1.03 bits per heavy atom. The Kier molecular flexibility index (Phi) is 5.48. The normalized spacial score (nSPS) is 10.6. The van der Waals surface area contributed by atoms with Crippen molar-refractivity contribution >= 4 is 17.0 Å². The van der Waals surface area contributed by atoms with Crippen molar-refractivity contribution in [3.8, 4) is 40.1 Å². The number of pyridine rings is 2. The lowest BCUT2D eigenvalue weighted by Gasteiger charge is -2.12. The second-order valence-corrected chi connectivity index (χ2v) is 7.18. The highest BCUT2D eigenvalue weighted by Gasteiger charge is 2.20. The minimum absolute atomic E-state index is 0.180. The molecule has 0 unspecified atom stereocenters. The molecular weight excluding hydrogens is 408 g/mol. The summed E-state index contributed by atoms with van der Waals surface area (Å²) < 4.78 is 17.1. The molecule has 0 bridgehead atoms. The van der Waals surface area contributed by atoms with Gasteiger partial charge < -0.3 is 18.8 Å². The van der Waals surface area contributed by atoms with E-state index in [2.05, 4.69) is 16.0 Å². The summed E-state index contributed by atoms with van der Waals surface area (Å²) in [5.41, 5.74) is 3.93. The number of nitriles is 1. The van der Waals surface area contributed by atoms with E-state index < -0.39 is 0 Å². The quantitative estimate of drug-likeness (QED) is 0.471. The summed E-state index contributed by atoms with van der Waals surface area (Å²) >= 11 is 0. The first-order valence-corrected chi connectivity index (χ1v) is 9.70. The SMILES string of the molecule is COc1ccc(C#N)cc1-c1ccnc2cc(-c3ncc(C(=O)N(C)C)cc3OC)oc12. The van der Waals surface area contributed by atoms with Crippen LogP contribution in [-0.4, -0.2) is 49.1 Å². The predicted molar refractivity (Wildman–Crippen MR) is 119 cm³/mol. The molecule has 0 N–H and O–H groups in total. The number of amides is 1. The molecule has 0 radical (unpaired) electrons. The molecule has 0 fully saturated rings. The number of rotatable bonds is 5. The fraction of sp³-hybridized carbons (Fsp3) is 0.167. The Hall–Kier alpha value is -4.38.